The Morgan fingerprint density at radius 2 is 0.818 bits per heavy atom. The molecule has 0 bridgehead atoms. The molecule has 0 spiro atoms. The minimum atomic E-state index is -8.56. The van der Waals surface area contributed by atoms with Crippen LogP contribution in [0.25, 0.3) is 0 Å². The summed E-state index contributed by atoms with van der Waals surface area (Å²) < 4.78 is 225. The lowest BCUT2D eigenvalue weighted by Gasteiger charge is -2.41. The van der Waals surface area contributed by atoms with Gasteiger partial charge in [-0.05, 0) is 18.1 Å². The van der Waals surface area contributed by atoms with Crippen molar-refractivity contribution in [3.8, 4) is 0 Å². The minimum absolute atomic E-state index is 0.441. The average molecular weight is 564 g/mol. The monoisotopic (exact) mass is 564 g/mol. The largest absolute Gasteiger partial charge is 0.460 e. The molecule has 0 aliphatic rings. The molecule has 0 aromatic heterocycles. The highest BCUT2D eigenvalue weighted by atomic mass is 32.2. The molecule has 0 amide bonds. The van der Waals surface area contributed by atoms with Gasteiger partial charge in [0.1, 0.15) is 0 Å². The van der Waals surface area contributed by atoms with E-state index >= 15 is 0 Å². The summed E-state index contributed by atoms with van der Waals surface area (Å²) >= 11 is 0. The Hall–Kier alpha value is -0.923. The van der Waals surface area contributed by atoms with Gasteiger partial charge in [-0.3, -0.25) is 0 Å². The summed E-state index contributed by atoms with van der Waals surface area (Å²) in [7, 11) is -11.3. The summed E-state index contributed by atoms with van der Waals surface area (Å²) in [4.78, 5) is 0. The topological polar surface area (TPSA) is 43.4 Å². The zero-order valence-corrected chi connectivity index (χ0v) is 18.2. The maximum Gasteiger partial charge on any atom is 0.460 e. The Bertz CT molecular complexity index is 794. The number of alkyl halides is 15. The lowest BCUT2D eigenvalue weighted by atomic mass is 9.94. The second-order valence-electron chi connectivity index (χ2n) is 6.67. The van der Waals surface area contributed by atoms with E-state index in [0.717, 1.165) is 20.8 Å². The van der Waals surface area contributed by atoms with Crippen molar-refractivity contribution in [3.05, 3.63) is 0 Å². The quantitative estimate of drug-likeness (QED) is 0.208. The third kappa shape index (κ3) is 4.42. The molecule has 0 unspecified atom stereocenters. The fraction of sp³-hybridized carbons (Fsp3) is 1.00. The van der Waals surface area contributed by atoms with E-state index in [1.165, 1.54) is 0 Å². The zero-order valence-electron chi connectivity index (χ0n) is 16.4. The van der Waals surface area contributed by atoms with Crippen LogP contribution in [0.5, 0.6) is 0 Å². The van der Waals surface area contributed by atoms with Crippen molar-refractivity contribution in [2.75, 3.05) is 0 Å². The molecule has 0 aliphatic heterocycles. The van der Waals surface area contributed by atoms with Gasteiger partial charge in [-0.15, -0.1) is 0 Å². The van der Waals surface area contributed by atoms with E-state index in [-0.39, 0.29) is 0 Å². The summed E-state index contributed by atoms with van der Waals surface area (Å²) in [6, 6.07) is -1.32. The number of hydrogen-bond donors (Lipinski definition) is 0. The Morgan fingerprint density at radius 3 is 1.09 bits per heavy atom. The standard InChI is InChI=1S/C13H15F15O3SSi/c1-4-33(5-2,6-3)31-32(29,30)13(27,28)11(22,23)9(18,19)7(14,15)8(16,17)10(20,21)12(24,25)26/h4-6H2,1-3H3. The van der Waals surface area contributed by atoms with Crippen molar-refractivity contribution in [2.45, 2.75) is 79.9 Å². The first kappa shape index (κ1) is 32.1. The molecule has 0 atom stereocenters. The summed E-state index contributed by atoms with van der Waals surface area (Å²) in [6.07, 6.45) is -7.74. The van der Waals surface area contributed by atoms with Gasteiger partial charge in [-0.1, -0.05) is 20.8 Å². The Balaban J connectivity index is 6.83. The zero-order chi connectivity index (χ0) is 27.3. The fourth-order valence-electron chi connectivity index (χ4n) is 2.32. The highest BCUT2D eigenvalue weighted by Crippen LogP contribution is 2.63. The van der Waals surface area contributed by atoms with Gasteiger partial charge in [-0.2, -0.15) is 74.3 Å². The molecule has 0 fully saturated rings. The van der Waals surface area contributed by atoms with E-state index in [1.54, 1.807) is 0 Å². The van der Waals surface area contributed by atoms with Gasteiger partial charge in [0.15, 0.2) is 0 Å². The van der Waals surface area contributed by atoms with Gasteiger partial charge in [0.25, 0.3) is 0 Å². The van der Waals surface area contributed by atoms with E-state index in [0.29, 0.717) is 0 Å². The van der Waals surface area contributed by atoms with Crippen molar-refractivity contribution < 1.29 is 78.1 Å². The third-order valence-corrected chi connectivity index (χ3v) is 11.9. The summed E-state index contributed by atoms with van der Waals surface area (Å²) in [5.41, 5.74) is 0. The molecule has 3 nitrogen and oxygen atoms in total. The Kier molecular flexibility index (Phi) is 8.39. The molecule has 0 aromatic rings. The van der Waals surface area contributed by atoms with Crippen molar-refractivity contribution in [3.63, 3.8) is 0 Å². The summed E-state index contributed by atoms with van der Waals surface area (Å²) in [5.74, 6) is -41.8. The summed E-state index contributed by atoms with van der Waals surface area (Å²) in [6.45, 7) is 3.27. The predicted octanol–water partition coefficient (Wildman–Crippen LogP) is 6.67. The molecule has 0 saturated carbocycles. The van der Waals surface area contributed by atoms with Crippen molar-refractivity contribution in [1.82, 2.24) is 0 Å². The van der Waals surface area contributed by atoms with Gasteiger partial charge >= 0.3 is 51.2 Å². The van der Waals surface area contributed by atoms with Crippen molar-refractivity contribution >= 4 is 18.4 Å². The van der Waals surface area contributed by atoms with E-state index in [1.807, 2.05) is 0 Å². The highest BCUT2D eigenvalue weighted by Gasteiger charge is 2.94. The molecule has 0 aliphatic carbocycles. The molecule has 0 aromatic carbocycles. The third-order valence-electron chi connectivity index (χ3n) is 4.83. The first-order chi connectivity index (χ1) is 14.1. The fourth-order valence-corrected chi connectivity index (χ4v) is 7.96. The van der Waals surface area contributed by atoms with Crippen LogP contribution >= 0.6 is 0 Å². The average Bonchev–Trinajstić information content (AvgIpc) is 2.64. The molecular weight excluding hydrogens is 549 g/mol. The smallest absolute Gasteiger partial charge is 0.310 e. The van der Waals surface area contributed by atoms with E-state index in [4.69, 9.17) is 0 Å². The van der Waals surface area contributed by atoms with Crippen LogP contribution in [-0.2, 0) is 14.0 Å². The van der Waals surface area contributed by atoms with Crippen LogP contribution in [0.4, 0.5) is 65.9 Å². The van der Waals surface area contributed by atoms with Crippen LogP contribution in [0.1, 0.15) is 20.8 Å². The van der Waals surface area contributed by atoms with Gasteiger partial charge < -0.3 is 3.87 Å². The van der Waals surface area contributed by atoms with E-state index < -0.39 is 77.6 Å². The molecule has 0 saturated heterocycles. The van der Waals surface area contributed by atoms with E-state index in [2.05, 4.69) is 3.87 Å². The van der Waals surface area contributed by atoms with Gasteiger partial charge in [0.2, 0.25) is 8.32 Å². The van der Waals surface area contributed by atoms with Crippen LogP contribution in [0.15, 0.2) is 0 Å². The highest BCUT2D eigenvalue weighted by molar-refractivity contribution is 7.88. The Labute approximate surface area is 177 Å². The predicted molar refractivity (Wildman–Crippen MR) is 82.9 cm³/mol. The van der Waals surface area contributed by atoms with Gasteiger partial charge in [0, 0.05) is 0 Å². The van der Waals surface area contributed by atoms with E-state index in [9.17, 15) is 74.3 Å². The molecule has 20 heteroatoms. The molecule has 33 heavy (non-hydrogen) atoms. The second kappa shape index (κ2) is 8.63. The normalized spacial score (nSPS) is 16.3. The number of halogens is 15. The molecule has 0 rings (SSSR count). The second-order valence-corrected chi connectivity index (χ2v) is 13.2. The number of hydrogen-bond acceptors (Lipinski definition) is 3. The van der Waals surface area contributed by atoms with Crippen LogP contribution < -0.4 is 0 Å². The maximum atomic E-state index is 14.0. The SMILES string of the molecule is CC[Si](CC)(CC)OS(=O)(=O)C(F)(F)C(F)(F)C(F)(F)C(F)(F)C(F)(F)C(F)(F)C(F)(F)F. The van der Waals surface area contributed by atoms with Crippen molar-refractivity contribution in [1.29, 1.82) is 0 Å². The first-order valence-electron chi connectivity index (χ1n) is 8.42. The molecular formula is C13H15F15O3SSi. The van der Waals surface area contributed by atoms with Crippen molar-refractivity contribution in [2.24, 2.45) is 0 Å². The van der Waals surface area contributed by atoms with Crippen LogP contribution in [0.3, 0.4) is 0 Å². The van der Waals surface area contributed by atoms with Crippen LogP contribution in [0, 0.1) is 0 Å². The molecule has 0 N–H and O–H groups in total. The minimum Gasteiger partial charge on any atom is -0.310 e. The lowest BCUT2D eigenvalue weighted by Crippen LogP contribution is -2.73. The van der Waals surface area contributed by atoms with Gasteiger partial charge in [0.05, 0.1) is 0 Å². The Morgan fingerprint density at radius 1 is 0.545 bits per heavy atom. The molecule has 0 heterocycles. The maximum absolute atomic E-state index is 14.0. The van der Waals surface area contributed by atoms with Gasteiger partial charge in [-0.25, -0.2) is 0 Å². The van der Waals surface area contributed by atoms with Crippen LogP contribution in [0.2, 0.25) is 18.1 Å². The molecule has 200 valence electrons. The molecule has 0 radical (unpaired) electrons. The number of rotatable bonds is 11. The lowest BCUT2D eigenvalue weighted by molar-refractivity contribution is -0.447. The van der Waals surface area contributed by atoms with Crippen LogP contribution in [-0.4, -0.2) is 57.8 Å². The summed E-state index contributed by atoms with van der Waals surface area (Å²) in [5, 5.41) is -7.48. The first-order valence-corrected chi connectivity index (χ1v) is 12.4.